The van der Waals surface area contributed by atoms with Crippen LogP contribution in [0, 0.1) is 0 Å². The minimum absolute atomic E-state index is 0.559. The number of nitrogens with one attached hydrogen (secondary N) is 2. The normalized spacial score (nSPS) is 24.4. The molecule has 1 aromatic heterocycles. The van der Waals surface area contributed by atoms with E-state index in [2.05, 4.69) is 27.1 Å². The van der Waals surface area contributed by atoms with E-state index >= 15 is 0 Å². The molecule has 0 radical (unpaired) electrons. The van der Waals surface area contributed by atoms with Crippen LogP contribution in [0.4, 0.5) is 5.95 Å². The molecular weight excluding hydrogens is 152 g/mol. The second kappa shape index (κ2) is 3.15. The number of nitrogens with zero attached hydrogens (tertiary/aromatic N) is 2. The van der Waals surface area contributed by atoms with Gasteiger partial charge in [-0.1, -0.05) is 0 Å². The van der Waals surface area contributed by atoms with Crippen LogP contribution in [0.1, 0.15) is 6.92 Å². The largest absolute Gasteiger partial charge is 0.340 e. The van der Waals surface area contributed by atoms with Crippen LogP contribution in [0.15, 0.2) is 12.4 Å². The highest BCUT2D eigenvalue weighted by Gasteiger charge is 2.16. The molecule has 1 aliphatic rings. The molecule has 12 heavy (non-hydrogen) atoms. The molecule has 1 saturated heterocycles. The molecule has 0 bridgehead atoms. The first-order valence-electron chi connectivity index (χ1n) is 4.34. The highest BCUT2D eigenvalue weighted by atomic mass is 15.3. The quantitative estimate of drug-likeness (QED) is 0.626. The van der Waals surface area contributed by atoms with Gasteiger partial charge in [0.2, 0.25) is 5.95 Å². The van der Waals surface area contributed by atoms with Crippen molar-refractivity contribution in [3.63, 3.8) is 0 Å². The number of hydrogen-bond donors (Lipinski definition) is 2. The topological polar surface area (TPSA) is 44.0 Å². The maximum absolute atomic E-state index is 4.22. The zero-order chi connectivity index (χ0) is 8.39. The van der Waals surface area contributed by atoms with Crippen LogP contribution in [0.25, 0.3) is 0 Å². The highest BCUT2D eigenvalue weighted by Crippen LogP contribution is 2.08. The molecule has 0 unspecified atom stereocenters. The Balaban J connectivity index is 2.04. The van der Waals surface area contributed by atoms with Crippen molar-refractivity contribution in [2.75, 3.05) is 24.5 Å². The lowest BCUT2D eigenvalue weighted by atomic mass is 10.2. The van der Waals surface area contributed by atoms with Gasteiger partial charge < -0.3 is 15.2 Å². The predicted molar refractivity (Wildman–Crippen MR) is 48.3 cm³/mol. The van der Waals surface area contributed by atoms with E-state index in [-0.39, 0.29) is 0 Å². The molecule has 66 valence electrons. The molecule has 0 aromatic carbocycles. The Hall–Kier alpha value is -1.03. The van der Waals surface area contributed by atoms with Crippen molar-refractivity contribution in [2.45, 2.75) is 13.0 Å². The molecule has 0 amide bonds. The monoisotopic (exact) mass is 166 g/mol. The van der Waals surface area contributed by atoms with E-state index in [0.717, 1.165) is 25.6 Å². The van der Waals surface area contributed by atoms with Crippen LogP contribution in [0.5, 0.6) is 0 Å². The van der Waals surface area contributed by atoms with Crippen LogP contribution in [-0.4, -0.2) is 35.6 Å². The van der Waals surface area contributed by atoms with Gasteiger partial charge in [-0.25, -0.2) is 4.98 Å². The van der Waals surface area contributed by atoms with Gasteiger partial charge in [-0.3, -0.25) is 0 Å². The molecule has 4 heteroatoms. The Morgan fingerprint density at radius 2 is 2.58 bits per heavy atom. The number of hydrogen-bond acceptors (Lipinski definition) is 3. The lowest BCUT2D eigenvalue weighted by Gasteiger charge is -2.31. The van der Waals surface area contributed by atoms with Gasteiger partial charge >= 0.3 is 0 Å². The van der Waals surface area contributed by atoms with Crippen LogP contribution in [0.3, 0.4) is 0 Å². The van der Waals surface area contributed by atoms with Crippen LogP contribution < -0.4 is 10.2 Å². The summed E-state index contributed by atoms with van der Waals surface area (Å²) in [5, 5.41) is 3.39. The molecule has 2 rings (SSSR count). The lowest BCUT2D eigenvalue weighted by molar-refractivity contribution is 0.480. The second-order valence-corrected chi connectivity index (χ2v) is 3.21. The molecule has 1 atom stereocenters. The third kappa shape index (κ3) is 1.43. The van der Waals surface area contributed by atoms with Crippen LogP contribution in [0.2, 0.25) is 0 Å². The fourth-order valence-corrected chi connectivity index (χ4v) is 1.55. The molecule has 2 N–H and O–H groups in total. The molecule has 4 nitrogen and oxygen atoms in total. The standard InChI is InChI=1S/C8H14N4/c1-7-6-12(5-4-9-7)8-10-2-3-11-8/h2-3,7,9H,4-6H2,1H3,(H,10,11)/t7-/m0/s1. The van der Waals surface area contributed by atoms with Gasteiger partial charge in [0.15, 0.2) is 0 Å². The van der Waals surface area contributed by atoms with Gasteiger partial charge in [0.25, 0.3) is 0 Å². The minimum Gasteiger partial charge on any atom is -0.340 e. The van der Waals surface area contributed by atoms with Crippen molar-refractivity contribution >= 4 is 5.95 Å². The number of aromatic amines is 1. The summed E-state index contributed by atoms with van der Waals surface area (Å²) < 4.78 is 0. The van der Waals surface area contributed by atoms with Crippen molar-refractivity contribution in [2.24, 2.45) is 0 Å². The highest BCUT2D eigenvalue weighted by molar-refractivity contribution is 5.30. The first-order chi connectivity index (χ1) is 5.86. The second-order valence-electron chi connectivity index (χ2n) is 3.21. The molecule has 1 aromatic rings. The summed E-state index contributed by atoms with van der Waals surface area (Å²) in [6.07, 6.45) is 3.66. The zero-order valence-electron chi connectivity index (χ0n) is 7.25. The fraction of sp³-hybridized carbons (Fsp3) is 0.625. The number of imidazole rings is 1. The van der Waals surface area contributed by atoms with Crippen molar-refractivity contribution in [1.82, 2.24) is 15.3 Å². The van der Waals surface area contributed by atoms with Crippen LogP contribution >= 0.6 is 0 Å². The van der Waals surface area contributed by atoms with E-state index in [1.54, 1.807) is 6.20 Å². The first-order valence-corrected chi connectivity index (χ1v) is 4.34. The summed E-state index contributed by atoms with van der Waals surface area (Å²) in [4.78, 5) is 9.60. The fourth-order valence-electron chi connectivity index (χ4n) is 1.55. The Kier molecular flexibility index (Phi) is 1.99. The molecular formula is C8H14N4. The maximum atomic E-state index is 4.22. The van der Waals surface area contributed by atoms with Gasteiger partial charge in [-0.15, -0.1) is 0 Å². The summed E-state index contributed by atoms with van der Waals surface area (Å²) in [5.41, 5.74) is 0. The summed E-state index contributed by atoms with van der Waals surface area (Å²) in [6, 6.07) is 0.559. The van der Waals surface area contributed by atoms with Crippen LogP contribution in [-0.2, 0) is 0 Å². The molecule has 1 fully saturated rings. The SMILES string of the molecule is C[C@H]1CN(c2ncc[nH]2)CCN1. The van der Waals surface area contributed by atoms with Gasteiger partial charge in [0.1, 0.15) is 0 Å². The average molecular weight is 166 g/mol. The van der Waals surface area contributed by atoms with Crippen molar-refractivity contribution in [3.8, 4) is 0 Å². The van der Waals surface area contributed by atoms with E-state index < -0.39 is 0 Å². The molecule has 2 heterocycles. The van der Waals surface area contributed by atoms with E-state index in [1.165, 1.54) is 0 Å². The first kappa shape index (κ1) is 7.61. The average Bonchev–Trinajstić information content (AvgIpc) is 2.56. The summed E-state index contributed by atoms with van der Waals surface area (Å²) in [7, 11) is 0. The third-order valence-electron chi connectivity index (χ3n) is 2.15. The van der Waals surface area contributed by atoms with Crippen molar-refractivity contribution < 1.29 is 0 Å². The maximum Gasteiger partial charge on any atom is 0.202 e. The summed E-state index contributed by atoms with van der Waals surface area (Å²) >= 11 is 0. The Bertz CT molecular complexity index is 231. The Morgan fingerprint density at radius 3 is 3.25 bits per heavy atom. The molecule has 0 saturated carbocycles. The van der Waals surface area contributed by atoms with Gasteiger partial charge in [-0.05, 0) is 6.92 Å². The number of anilines is 1. The van der Waals surface area contributed by atoms with E-state index in [4.69, 9.17) is 0 Å². The molecule has 0 spiro atoms. The summed E-state index contributed by atoms with van der Waals surface area (Å²) in [5.74, 6) is 0.989. The van der Waals surface area contributed by atoms with Gasteiger partial charge in [0.05, 0.1) is 0 Å². The number of H-pyrrole nitrogens is 1. The Labute approximate surface area is 72.0 Å². The number of aromatic nitrogens is 2. The summed E-state index contributed by atoms with van der Waals surface area (Å²) in [6.45, 7) is 5.31. The van der Waals surface area contributed by atoms with Crippen molar-refractivity contribution in [1.29, 1.82) is 0 Å². The minimum atomic E-state index is 0.559. The zero-order valence-corrected chi connectivity index (χ0v) is 7.25. The predicted octanol–water partition coefficient (Wildman–Crippen LogP) is 0.208. The lowest BCUT2D eigenvalue weighted by Crippen LogP contribution is -2.49. The number of piperazine rings is 1. The number of rotatable bonds is 1. The van der Waals surface area contributed by atoms with E-state index in [0.29, 0.717) is 6.04 Å². The van der Waals surface area contributed by atoms with Gasteiger partial charge in [0, 0.05) is 38.1 Å². The van der Waals surface area contributed by atoms with Crippen molar-refractivity contribution in [3.05, 3.63) is 12.4 Å². The molecule has 1 aliphatic heterocycles. The Morgan fingerprint density at radius 1 is 1.67 bits per heavy atom. The van der Waals surface area contributed by atoms with E-state index in [1.807, 2.05) is 6.20 Å². The van der Waals surface area contributed by atoms with E-state index in [9.17, 15) is 0 Å². The smallest absolute Gasteiger partial charge is 0.202 e. The molecule has 0 aliphatic carbocycles. The third-order valence-corrected chi connectivity index (χ3v) is 2.15. The van der Waals surface area contributed by atoms with Gasteiger partial charge in [-0.2, -0.15) is 0 Å².